The summed E-state index contributed by atoms with van der Waals surface area (Å²) in [5.41, 5.74) is 3.55. The molecule has 0 spiro atoms. The number of nitrogens with zero attached hydrogens (tertiary/aromatic N) is 9. The van der Waals surface area contributed by atoms with Crippen LogP contribution in [0, 0.1) is 0 Å². The van der Waals surface area contributed by atoms with Crippen LogP contribution in [0.1, 0.15) is 27.7 Å². The van der Waals surface area contributed by atoms with Crippen molar-refractivity contribution in [1.82, 2.24) is 45.7 Å². The number of amides is 1. The first-order chi connectivity index (χ1) is 18.2. The summed E-state index contributed by atoms with van der Waals surface area (Å²) in [5, 5.41) is 27.0. The van der Waals surface area contributed by atoms with Crippen LogP contribution in [0.15, 0.2) is 41.9 Å². The van der Waals surface area contributed by atoms with Crippen LogP contribution in [0.25, 0.3) is 22.3 Å². The van der Waals surface area contributed by atoms with E-state index in [1.165, 1.54) is 0 Å². The minimum Gasteiger partial charge on any atom is -0.354 e. The maximum absolute atomic E-state index is 13.6. The average molecular weight is 515 g/mol. The lowest BCUT2D eigenvalue weighted by Gasteiger charge is -2.37. The quantitative estimate of drug-likeness (QED) is 0.369. The second-order valence-corrected chi connectivity index (χ2v) is 10.3. The summed E-state index contributed by atoms with van der Waals surface area (Å²) in [6.07, 6.45) is 1.58. The van der Waals surface area contributed by atoms with E-state index in [9.17, 15) is 4.79 Å². The highest BCUT2D eigenvalue weighted by molar-refractivity contribution is 6.07. The van der Waals surface area contributed by atoms with Gasteiger partial charge in [-0.25, -0.2) is 14.6 Å². The van der Waals surface area contributed by atoms with E-state index in [0.29, 0.717) is 28.9 Å². The van der Waals surface area contributed by atoms with E-state index in [1.807, 2.05) is 57.0 Å². The first-order valence-corrected chi connectivity index (χ1v) is 12.6. The molecule has 0 saturated carbocycles. The maximum Gasteiger partial charge on any atom is 0.255 e. The second kappa shape index (κ2) is 8.87. The molecule has 4 aromatic rings. The Bertz CT molecular complexity index is 1570. The number of piperazine rings is 1. The highest BCUT2D eigenvalue weighted by Crippen LogP contribution is 2.37. The molecular formula is C25H30N12O. The van der Waals surface area contributed by atoms with Gasteiger partial charge in [0.05, 0.1) is 22.3 Å². The predicted molar refractivity (Wildman–Crippen MR) is 144 cm³/mol. The number of benzene rings is 1. The Kier molecular flexibility index (Phi) is 5.60. The molecule has 0 radical (unpaired) electrons. The predicted octanol–water partition coefficient (Wildman–Crippen LogP) is 1.90. The minimum atomic E-state index is -0.733. The van der Waals surface area contributed by atoms with Crippen LogP contribution in [0.2, 0.25) is 0 Å². The summed E-state index contributed by atoms with van der Waals surface area (Å²) in [7, 11) is 1.85. The van der Waals surface area contributed by atoms with E-state index in [4.69, 9.17) is 0 Å². The van der Waals surface area contributed by atoms with Crippen molar-refractivity contribution in [3.8, 4) is 11.4 Å². The number of tetrazole rings is 1. The van der Waals surface area contributed by atoms with Gasteiger partial charge in [-0.05, 0) is 56.3 Å². The van der Waals surface area contributed by atoms with Crippen LogP contribution in [-0.2, 0) is 10.3 Å². The highest BCUT2D eigenvalue weighted by Gasteiger charge is 2.41. The van der Waals surface area contributed by atoms with Crippen LogP contribution in [0.3, 0.4) is 0 Å². The lowest BCUT2D eigenvalue weighted by Crippen LogP contribution is -2.49. The molecule has 0 unspecified atom stereocenters. The summed E-state index contributed by atoms with van der Waals surface area (Å²) in [5.74, 6) is 1.24. The number of hydrogen-bond acceptors (Lipinski definition) is 10. The van der Waals surface area contributed by atoms with Crippen LogP contribution in [-0.4, -0.2) is 79.0 Å². The van der Waals surface area contributed by atoms with Gasteiger partial charge in [-0.1, -0.05) is 5.10 Å². The minimum absolute atomic E-state index is 0.220. The van der Waals surface area contributed by atoms with Crippen molar-refractivity contribution in [2.45, 2.75) is 39.3 Å². The van der Waals surface area contributed by atoms with Crippen molar-refractivity contribution in [2.24, 2.45) is 0 Å². The van der Waals surface area contributed by atoms with Gasteiger partial charge in [0.1, 0.15) is 17.8 Å². The fraction of sp³-hybridized carbons (Fsp3) is 0.400. The van der Waals surface area contributed by atoms with E-state index in [-0.39, 0.29) is 5.91 Å². The van der Waals surface area contributed by atoms with Gasteiger partial charge < -0.3 is 20.4 Å². The molecule has 38 heavy (non-hydrogen) atoms. The molecule has 1 saturated heterocycles. The lowest BCUT2D eigenvalue weighted by molar-refractivity contribution is -0.113. The van der Waals surface area contributed by atoms with Gasteiger partial charge in [0.15, 0.2) is 0 Å². The van der Waals surface area contributed by atoms with Gasteiger partial charge in [-0.3, -0.25) is 9.89 Å². The molecule has 3 aromatic heterocycles. The van der Waals surface area contributed by atoms with Crippen LogP contribution >= 0.6 is 0 Å². The molecule has 1 aromatic carbocycles. The number of anilines is 3. The highest BCUT2D eigenvalue weighted by atomic mass is 16.1. The van der Waals surface area contributed by atoms with E-state index in [2.05, 4.69) is 58.1 Å². The number of hydrogen-bond donors (Lipinski definition) is 3. The van der Waals surface area contributed by atoms with Gasteiger partial charge in [0.2, 0.25) is 5.95 Å². The maximum atomic E-state index is 13.6. The second-order valence-electron chi connectivity index (χ2n) is 10.3. The molecule has 196 valence electrons. The summed E-state index contributed by atoms with van der Waals surface area (Å²) in [6, 6.07) is 8.03. The normalized spacial score (nSPS) is 19.1. The molecule has 0 bridgehead atoms. The zero-order valence-corrected chi connectivity index (χ0v) is 22.0. The molecule has 5 heterocycles. The number of H-pyrrole nitrogens is 1. The fourth-order valence-electron chi connectivity index (χ4n) is 5.33. The summed E-state index contributed by atoms with van der Waals surface area (Å²) >= 11 is 0. The Morgan fingerprint density at radius 3 is 2.87 bits per heavy atom. The molecule has 2 aliphatic rings. The third-order valence-electron chi connectivity index (χ3n) is 7.40. The van der Waals surface area contributed by atoms with Crippen LogP contribution < -0.4 is 20.4 Å². The SMILES string of the molecule is CC1=C(C(=O)Nc2ccc3[nH]nc(-c4cc(N5CCN[C@@H](C)C5)ncn4)c3c2)C(C)(C)n2nnnc2N1C. The Hall–Kier alpha value is -4.39. The number of nitrogens with one attached hydrogen (secondary N) is 3. The molecule has 1 atom stereocenters. The van der Waals surface area contributed by atoms with E-state index in [0.717, 1.165) is 47.7 Å². The van der Waals surface area contributed by atoms with E-state index >= 15 is 0 Å². The zero-order valence-electron chi connectivity index (χ0n) is 22.0. The zero-order chi connectivity index (χ0) is 26.6. The van der Waals surface area contributed by atoms with Crippen molar-refractivity contribution >= 4 is 34.3 Å². The first-order valence-electron chi connectivity index (χ1n) is 12.6. The molecule has 6 rings (SSSR count). The molecule has 3 N–H and O–H groups in total. The van der Waals surface area contributed by atoms with Crippen molar-refractivity contribution in [1.29, 1.82) is 0 Å². The van der Waals surface area contributed by atoms with E-state index < -0.39 is 5.54 Å². The smallest absolute Gasteiger partial charge is 0.255 e. The molecule has 13 heteroatoms. The number of allylic oxidation sites excluding steroid dienone is 1. The lowest BCUT2D eigenvalue weighted by atomic mass is 9.89. The number of carbonyl (C=O) groups excluding carboxylic acids is 1. The third-order valence-corrected chi connectivity index (χ3v) is 7.40. The van der Waals surface area contributed by atoms with Crippen molar-refractivity contribution < 1.29 is 4.79 Å². The van der Waals surface area contributed by atoms with Gasteiger partial charge >= 0.3 is 0 Å². The van der Waals surface area contributed by atoms with Crippen molar-refractivity contribution in [2.75, 3.05) is 41.8 Å². The summed E-state index contributed by atoms with van der Waals surface area (Å²) < 4.78 is 1.66. The van der Waals surface area contributed by atoms with Gasteiger partial charge in [0, 0.05) is 55.6 Å². The third kappa shape index (κ3) is 3.86. The average Bonchev–Trinajstić information content (AvgIpc) is 3.56. The Morgan fingerprint density at radius 2 is 2.05 bits per heavy atom. The number of rotatable bonds is 4. The Balaban J connectivity index is 1.31. The fourth-order valence-corrected chi connectivity index (χ4v) is 5.33. The van der Waals surface area contributed by atoms with Gasteiger partial charge in [-0.2, -0.15) is 5.10 Å². The molecule has 2 aliphatic heterocycles. The van der Waals surface area contributed by atoms with Crippen LogP contribution in [0.5, 0.6) is 0 Å². The van der Waals surface area contributed by atoms with Gasteiger partial charge in [-0.15, -0.1) is 0 Å². The monoisotopic (exact) mass is 514 g/mol. The first kappa shape index (κ1) is 24.0. The van der Waals surface area contributed by atoms with Gasteiger partial charge in [0.25, 0.3) is 5.91 Å². The molecule has 13 nitrogen and oxygen atoms in total. The number of carbonyl (C=O) groups is 1. The Morgan fingerprint density at radius 1 is 1.21 bits per heavy atom. The summed E-state index contributed by atoms with van der Waals surface area (Å²) in [6.45, 7) is 10.6. The standard InChI is InChI=1S/C25H30N12O/c1-14-12-36(9-8-26-14)20-11-19(27-13-28-20)22-17-10-16(6-7-18(17)30-31-22)29-23(38)21-15(2)35(5)24-32-33-34-37(24)25(21,3)4/h6-7,10-11,13-14,26H,8-9,12H2,1-5H3,(H,29,38)(H,30,31)/t14-/m0/s1. The van der Waals surface area contributed by atoms with Crippen molar-refractivity contribution in [3.63, 3.8) is 0 Å². The molecule has 1 amide bonds. The molecule has 0 aliphatic carbocycles. The largest absolute Gasteiger partial charge is 0.354 e. The van der Waals surface area contributed by atoms with E-state index in [1.54, 1.807) is 11.0 Å². The molecule has 1 fully saturated rings. The number of aromatic nitrogens is 8. The molecular weight excluding hydrogens is 484 g/mol. The van der Waals surface area contributed by atoms with Crippen molar-refractivity contribution in [3.05, 3.63) is 41.9 Å². The van der Waals surface area contributed by atoms with Crippen LogP contribution in [0.4, 0.5) is 17.5 Å². The number of aromatic amines is 1. The Labute approximate surface area is 219 Å². The topological polar surface area (TPSA) is 146 Å². The summed E-state index contributed by atoms with van der Waals surface area (Å²) in [4.78, 5) is 26.7. The number of fused-ring (bicyclic) bond motifs is 2.